The van der Waals surface area contributed by atoms with Gasteiger partial charge in [-0.1, -0.05) is 12.8 Å². The fourth-order valence-electron chi connectivity index (χ4n) is 1.56. The van der Waals surface area contributed by atoms with Crippen LogP contribution in [0.5, 0.6) is 0 Å². The lowest BCUT2D eigenvalue weighted by Crippen LogP contribution is -2.31. The van der Waals surface area contributed by atoms with E-state index >= 15 is 0 Å². The van der Waals surface area contributed by atoms with Crippen molar-refractivity contribution in [2.24, 2.45) is 5.73 Å². The van der Waals surface area contributed by atoms with Crippen LogP contribution < -0.4 is 16.4 Å². The molecule has 0 saturated carbocycles. The first-order valence-corrected chi connectivity index (χ1v) is 8.13. The average Bonchev–Trinajstić information content (AvgIpc) is 2.34. The topological polar surface area (TPSA) is 131 Å². The smallest absolute Gasteiger partial charge is 0.329 e. The summed E-state index contributed by atoms with van der Waals surface area (Å²) in [5.41, 5.74) is 5.33. The first kappa shape index (κ1) is 19.3. The second kappa shape index (κ2) is 12.0. The zero-order valence-electron chi connectivity index (χ0n) is 11.6. The SMILES string of the molecule is NCCNCCNCCCCCCC(=O)OS(=O)(=O)O. The van der Waals surface area contributed by atoms with Crippen molar-refractivity contribution in [1.29, 1.82) is 0 Å². The van der Waals surface area contributed by atoms with Crippen LogP contribution in [-0.4, -0.2) is 51.7 Å². The molecule has 5 N–H and O–H groups in total. The molecule has 8 nitrogen and oxygen atoms in total. The van der Waals surface area contributed by atoms with Crippen LogP contribution in [0.1, 0.15) is 32.1 Å². The first-order valence-electron chi connectivity index (χ1n) is 6.77. The largest absolute Gasteiger partial charge is 0.448 e. The average molecular weight is 311 g/mol. The van der Waals surface area contributed by atoms with Crippen LogP contribution >= 0.6 is 0 Å². The minimum absolute atomic E-state index is 0.00374. The van der Waals surface area contributed by atoms with Gasteiger partial charge < -0.3 is 20.6 Å². The van der Waals surface area contributed by atoms with Crippen LogP contribution in [0.4, 0.5) is 0 Å². The Bertz CT molecular complexity index is 348. The van der Waals surface area contributed by atoms with Crippen molar-refractivity contribution in [2.75, 3.05) is 32.7 Å². The van der Waals surface area contributed by atoms with Crippen molar-refractivity contribution < 1.29 is 21.9 Å². The van der Waals surface area contributed by atoms with Crippen LogP contribution in [0.15, 0.2) is 0 Å². The van der Waals surface area contributed by atoms with Crippen LogP contribution in [-0.2, 0) is 19.4 Å². The molecule has 0 aromatic heterocycles. The molecule has 0 bridgehead atoms. The molecule has 0 aliphatic heterocycles. The van der Waals surface area contributed by atoms with E-state index in [4.69, 9.17) is 10.3 Å². The van der Waals surface area contributed by atoms with Crippen molar-refractivity contribution in [1.82, 2.24) is 10.6 Å². The van der Waals surface area contributed by atoms with Crippen LogP contribution in [0.3, 0.4) is 0 Å². The first-order chi connectivity index (χ1) is 9.45. The van der Waals surface area contributed by atoms with E-state index in [9.17, 15) is 13.2 Å². The maximum absolute atomic E-state index is 10.9. The summed E-state index contributed by atoms with van der Waals surface area (Å²) in [6.45, 7) is 4.14. The maximum Gasteiger partial charge on any atom is 0.448 e. The van der Waals surface area contributed by atoms with E-state index in [1.54, 1.807) is 0 Å². The fourth-order valence-corrected chi connectivity index (χ4v) is 1.88. The fraction of sp³-hybridized carbons (Fsp3) is 0.909. The van der Waals surface area contributed by atoms with E-state index in [1.165, 1.54) is 0 Å². The molecule has 0 amide bonds. The number of hydrogen-bond donors (Lipinski definition) is 4. The number of nitrogens with two attached hydrogens (primary N) is 1. The van der Waals surface area contributed by atoms with E-state index in [0.717, 1.165) is 45.4 Å². The van der Waals surface area contributed by atoms with Crippen molar-refractivity contribution in [3.8, 4) is 0 Å². The molecule has 0 fully saturated rings. The van der Waals surface area contributed by atoms with Gasteiger partial charge in [0, 0.05) is 32.6 Å². The number of carbonyl (C=O) groups is 1. The summed E-state index contributed by atoms with van der Waals surface area (Å²) in [5, 5.41) is 6.44. The maximum atomic E-state index is 10.9. The number of hydrogen-bond acceptors (Lipinski definition) is 7. The molecule has 120 valence electrons. The Kier molecular flexibility index (Phi) is 11.6. The molecule has 0 unspecified atom stereocenters. The Labute approximate surface area is 120 Å². The monoisotopic (exact) mass is 311 g/mol. The van der Waals surface area contributed by atoms with Crippen LogP contribution in [0.2, 0.25) is 0 Å². The second-order valence-electron chi connectivity index (χ2n) is 4.34. The standard InChI is InChI=1S/C11H25N3O5S/c12-6-8-14-10-9-13-7-4-2-1-3-5-11(15)19-20(16,17)18/h13-14H,1-10,12H2,(H,16,17,18). The molecule has 0 aliphatic rings. The second-order valence-corrected chi connectivity index (χ2v) is 5.36. The minimum atomic E-state index is -4.66. The Balaban J connectivity index is 3.23. The highest BCUT2D eigenvalue weighted by Crippen LogP contribution is 2.04. The third-order valence-corrected chi connectivity index (χ3v) is 2.88. The zero-order chi connectivity index (χ0) is 15.3. The Morgan fingerprint density at radius 1 is 1.00 bits per heavy atom. The predicted octanol–water partition coefficient (Wildman–Crippen LogP) is -0.579. The summed E-state index contributed by atoms with van der Waals surface area (Å²) in [6.07, 6.45) is 3.29. The minimum Gasteiger partial charge on any atom is -0.329 e. The Morgan fingerprint density at radius 2 is 1.60 bits per heavy atom. The van der Waals surface area contributed by atoms with Crippen molar-refractivity contribution in [3.63, 3.8) is 0 Å². The van der Waals surface area contributed by atoms with Gasteiger partial charge in [0.2, 0.25) is 0 Å². The third-order valence-electron chi connectivity index (χ3n) is 2.48. The highest BCUT2D eigenvalue weighted by Gasteiger charge is 2.12. The lowest BCUT2D eigenvalue weighted by atomic mass is 10.1. The van der Waals surface area contributed by atoms with E-state index in [2.05, 4.69) is 14.8 Å². The van der Waals surface area contributed by atoms with Gasteiger partial charge in [0.05, 0.1) is 0 Å². The molecule has 0 spiro atoms. The summed E-state index contributed by atoms with van der Waals surface area (Å²) < 4.78 is 32.5. The number of rotatable bonds is 13. The number of unbranched alkanes of at least 4 members (excludes halogenated alkanes) is 3. The zero-order valence-corrected chi connectivity index (χ0v) is 12.5. The molecule has 0 aromatic rings. The van der Waals surface area contributed by atoms with Gasteiger partial charge in [-0.3, -0.25) is 9.35 Å². The Morgan fingerprint density at radius 3 is 2.20 bits per heavy atom. The summed E-state index contributed by atoms with van der Waals surface area (Å²) in [5.74, 6) is -0.920. The number of carbonyl (C=O) groups excluding carboxylic acids is 1. The number of nitrogens with one attached hydrogen (secondary N) is 2. The molecule has 0 radical (unpaired) electrons. The van der Waals surface area contributed by atoms with Crippen molar-refractivity contribution in [3.05, 3.63) is 0 Å². The molecular formula is C11H25N3O5S. The highest BCUT2D eigenvalue weighted by molar-refractivity contribution is 7.81. The molecular weight excluding hydrogens is 286 g/mol. The van der Waals surface area contributed by atoms with Crippen LogP contribution in [0.25, 0.3) is 0 Å². The van der Waals surface area contributed by atoms with Gasteiger partial charge in [0.25, 0.3) is 0 Å². The summed E-state index contributed by atoms with van der Waals surface area (Å²) in [7, 11) is -4.66. The third kappa shape index (κ3) is 15.3. The van der Waals surface area contributed by atoms with Gasteiger partial charge in [-0.25, -0.2) is 0 Å². The summed E-state index contributed by atoms with van der Waals surface area (Å²) in [6, 6.07) is 0. The van der Waals surface area contributed by atoms with Gasteiger partial charge in [-0.2, -0.15) is 8.42 Å². The van der Waals surface area contributed by atoms with E-state index in [1.807, 2.05) is 0 Å². The van der Waals surface area contributed by atoms with Crippen molar-refractivity contribution in [2.45, 2.75) is 32.1 Å². The molecule has 9 heteroatoms. The Hall–Kier alpha value is -0.740. The summed E-state index contributed by atoms with van der Waals surface area (Å²) >= 11 is 0. The lowest BCUT2D eigenvalue weighted by Gasteiger charge is -2.05. The predicted molar refractivity (Wildman–Crippen MR) is 75.5 cm³/mol. The molecule has 0 aromatic carbocycles. The molecule has 20 heavy (non-hydrogen) atoms. The molecule has 0 heterocycles. The van der Waals surface area contributed by atoms with Gasteiger partial charge >= 0.3 is 16.4 Å². The highest BCUT2D eigenvalue weighted by atomic mass is 32.3. The summed E-state index contributed by atoms with van der Waals surface area (Å²) in [4.78, 5) is 10.9. The van der Waals surface area contributed by atoms with Gasteiger partial charge in [-0.05, 0) is 19.4 Å². The van der Waals surface area contributed by atoms with Crippen LogP contribution in [0, 0.1) is 0 Å². The van der Waals surface area contributed by atoms with E-state index in [-0.39, 0.29) is 6.42 Å². The molecule has 0 atom stereocenters. The lowest BCUT2D eigenvalue weighted by molar-refractivity contribution is -0.134. The normalized spacial score (nSPS) is 11.5. The molecule has 0 rings (SSSR count). The van der Waals surface area contributed by atoms with E-state index < -0.39 is 16.4 Å². The van der Waals surface area contributed by atoms with Gasteiger partial charge in [0.15, 0.2) is 0 Å². The van der Waals surface area contributed by atoms with Gasteiger partial charge in [0.1, 0.15) is 0 Å². The quantitative estimate of drug-likeness (QED) is 0.262. The van der Waals surface area contributed by atoms with Gasteiger partial charge in [-0.15, -0.1) is 0 Å². The molecule has 0 aliphatic carbocycles. The van der Waals surface area contributed by atoms with Crippen molar-refractivity contribution >= 4 is 16.4 Å². The molecule has 0 saturated heterocycles. The van der Waals surface area contributed by atoms with E-state index in [0.29, 0.717) is 13.0 Å².